The smallest absolute Gasteiger partial charge is 0.369 e. The summed E-state index contributed by atoms with van der Waals surface area (Å²) in [5.41, 5.74) is 0.689. The molecule has 0 saturated heterocycles. The van der Waals surface area contributed by atoms with Gasteiger partial charge in [-0.1, -0.05) is 12.1 Å². The fourth-order valence-electron chi connectivity index (χ4n) is 6.22. The van der Waals surface area contributed by atoms with E-state index in [9.17, 15) is 45.6 Å². The lowest BCUT2D eigenvalue weighted by atomic mass is 9.89. The summed E-state index contributed by atoms with van der Waals surface area (Å²) in [5.74, 6) is -3.18. The van der Waals surface area contributed by atoms with Gasteiger partial charge < -0.3 is 55.1 Å². The average Bonchev–Trinajstić information content (AvgIpc) is 3.02. The molecule has 236 valence electrons. The molecule has 2 aliphatic heterocycles. The van der Waals surface area contributed by atoms with Crippen LogP contribution >= 0.6 is 0 Å². The summed E-state index contributed by atoms with van der Waals surface area (Å²) in [7, 11) is 1.16. The Kier molecular flexibility index (Phi) is 6.61. The fourth-order valence-corrected chi connectivity index (χ4v) is 6.22. The van der Waals surface area contributed by atoms with Gasteiger partial charge in [-0.2, -0.15) is 0 Å². The standard InChI is InChI=1S/C33H26O13/c1-43-33(42)28-26-24(10-18(36)14-8-22(40)29(45-31(14)26)12-2-4-16(34)20(38)6-12)44-25-11-19(37)15-9-23(41)30(46-32(15)27(25)28)13-3-5-17(35)21(39)7-13/h2-7,10-11,22-23,29-30,40-41H,8-9H2,1H3,(H5-,34,35,36,37,38,39)/p+1/t22-,23-,29+,30+/m0/s1. The fraction of sp³-hybridized carbons (Fsp3) is 0.212. The van der Waals surface area contributed by atoms with Gasteiger partial charge in [0.2, 0.25) is 0 Å². The maximum absolute atomic E-state index is 13.7. The van der Waals surface area contributed by atoms with Gasteiger partial charge in [0, 0.05) is 24.0 Å². The molecule has 13 heteroatoms. The Morgan fingerprint density at radius 2 is 1.11 bits per heavy atom. The monoisotopic (exact) mass is 631 g/mol. The minimum Gasteiger partial charge on any atom is -0.507 e. The van der Waals surface area contributed by atoms with Gasteiger partial charge in [0.05, 0.1) is 31.5 Å². The van der Waals surface area contributed by atoms with Crippen LogP contribution in [0.15, 0.2) is 52.9 Å². The molecule has 4 aromatic carbocycles. The number of phenols is 6. The highest BCUT2D eigenvalue weighted by Crippen LogP contribution is 2.52. The summed E-state index contributed by atoms with van der Waals surface area (Å²) >= 11 is 0. The van der Waals surface area contributed by atoms with E-state index in [4.69, 9.17) is 18.6 Å². The van der Waals surface area contributed by atoms with E-state index in [0.717, 1.165) is 7.11 Å². The Morgan fingerprint density at radius 1 is 0.674 bits per heavy atom. The van der Waals surface area contributed by atoms with Gasteiger partial charge in [-0.3, -0.25) is 0 Å². The predicted molar refractivity (Wildman–Crippen MR) is 158 cm³/mol. The molecule has 0 fully saturated rings. The summed E-state index contributed by atoms with van der Waals surface area (Å²) in [6.07, 6.45) is -4.92. The molecule has 4 atom stereocenters. The highest BCUT2D eigenvalue weighted by Gasteiger charge is 2.42. The summed E-state index contributed by atoms with van der Waals surface area (Å²) in [5, 5.41) is 83.8. The third-order valence-electron chi connectivity index (χ3n) is 8.43. The third kappa shape index (κ3) is 4.39. The van der Waals surface area contributed by atoms with E-state index in [1.165, 1.54) is 48.5 Å². The van der Waals surface area contributed by atoms with Crippen LogP contribution in [0.4, 0.5) is 0 Å². The van der Waals surface area contributed by atoms with Crippen LogP contribution in [0.2, 0.25) is 0 Å². The maximum Gasteiger partial charge on any atom is 0.369 e. The minimum absolute atomic E-state index is 0.0263. The Bertz CT molecular complexity index is 1950. The van der Waals surface area contributed by atoms with E-state index in [0.29, 0.717) is 11.1 Å². The number of carbonyl (C=O) groups excluding carboxylic acids is 1. The molecule has 0 radical (unpaired) electrons. The number of hydrogen-bond acceptors (Lipinski definition) is 12. The largest absolute Gasteiger partial charge is 0.507 e. The van der Waals surface area contributed by atoms with Crippen molar-refractivity contribution in [2.45, 2.75) is 37.3 Å². The first-order valence-corrected chi connectivity index (χ1v) is 14.1. The number of methoxy groups -OCH3 is 1. The molecule has 3 heterocycles. The number of carbonyl (C=O) groups is 1. The number of fused-ring (bicyclic) bond motifs is 6. The molecule has 0 bridgehead atoms. The number of phenolic OH excluding ortho intramolecular Hbond substituents is 6. The number of esters is 1. The van der Waals surface area contributed by atoms with Crippen molar-refractivity contribution < 1.29 is 64.3 Å². The van der Waals surface area contributed by atoms with Gasteiger partial charge >= 0.3 is 17.1 Å². The SMILES string of the molecule is COC(=O)c1c2c3c(c(O)cc2[o+]c2cc(O)c4c(c12)O[C@H](c1ccc(O)c(O)c1)[C@@H](O)C4)C[C@H](O)[C@@H](c1ccc(O)c(O)c1)O3. The van der Waals surface area contributed by atoms with Crippen molar-refractivity contribution in [3.63, 3.8) is 0 Å². The third-order valence-corrected chi connectivity index (χ3v) is 8.43. The molecule has 46 heavy (non-hydrogen) atoms. The first-order valence-electron chi connectivity index (χ1n) is 14.1. The van der Waals surface area contributed by atoms with E-state index < -0.39 is 41.9 Å². The van der Waals surface area contributed by atoms with Crippen molar-refractivity contribution in [2.75, 3.05) is 7.11 Å². The Balaban J connectivity index is 1.50. The van der Waals surface area contributed by atoms with Gasteiger partial charge in [-0.05, 0) is 35.4 Å². The summed E-state index contributed by atoms with van der Waals surface area (Å²) in [6.45, 7) is 0. The summed E-state index contributed by atoms with van der Waals surface area (Å²) < 4.78 is 23.8. The molecule has 13 nitrogen and oxygen atoms in total. The van der Waals surface area contributed by atoms with E-state index in [-0.39, 0.29) is 86.0 Å². The van der Waals surface area contributed by atoms with Crippen LogP contribution in [0, 0.1) is 0 Å². The van der Waals surface area contributed by atoms with Crippen molar-refractivity contribution >= 4 is 27.9 Å². The van der Waals surface area contributed by atoms with E-state index in [1.54, 1.807) is 0 Å². The zero-order valence-corrected chi connectivity index (χ0v) is 24.0. The van der Waals surface area contributed by atoms with Crippen molar-refractivity contribution in [1.29, 1.82) is 0 Å². The first kappa shape index (κ1) is 29.1. The topological polar surface area (TPSA) is 218 Å². The molecule has 7 rings (SSSR count). The lowest BCUT2D eigenvalue weighted by molar-refractivity contribution is 0.0206. The number of benzene rings is 4. The van der Waals surface area contributed by atoms with Crippen LogP contribution in [0.1, 0.15) is 44.8 Å². The predicted octanol–water partition coefficient (Wildman–Crippen LogP) is 3.96. The Hall–Kier alpha value is -5.66. The van der Waals surface area contributed by atoms with Crippen molar-refractivity contribution in [3.8, 4) is 46.0 Å². The zero-order valence-electron chi connectivity index (χ0n) is 24.0. The molecule has 0 amide bonds. The highest BCUT2D eigenvalue weighted by molar-refractivity contribution is 6.17. The molecule has 0 unspecified atom stereocenters. The molecular formula is C33H27O13+. The molecular weight excluding hydrogens is 604 g/mol. The lowest BCUT2D eigenvalue weighted by Crippen LogP contribution is -2.31. The van der Waals surface area contributed by atoms with Crippen LogP contribution in [0.3, 0.4) is 0 Å². The molecule has 5 aromatic rings. The zero-order chi connectivity index (χ0) is 32.6. The quantitative estimate of drug-likeness (QED) is 0.0613. The van der Waals surface area contributed by atoms with E-state index in [2.05, 4.69) is 0 Å². The van der Waals surface area contributed by atoms with Crippen LogP contribution in [0.25, 0.3) is 21.9 Å². The molecule has 0 saturated carbocycles. The van der Waals surface area contributed by atoms with Crippen LogP contribution < -0.4 is 9.47 Å². The number of aliphatic hydroxyl groups is 2. The number of aliphatic hydroxyl groups excluding tert-OH is 2. The number of rotatable bonds is 3. The number of aromatic hydroxyl groups is 6. The Morgan fingerprint density at radius 3 is 1.50 bits per heavy atom. The minimum atomic E-state index is -1.21. The van der Waals surface area contributed by atoms with Gasteiger partial charge in [0.25, 0.3) is 0 Å². The maximum atomic E-state index is 13.7. The average molecular weight is 632 g/mol. The van der Waals surface area contributed by atoms with Gasteiger partial charge in [0.1, 0.15) is 39.3 Å². The van der Waals surface area contributed by atoms with E-state index >= 15 is 0 Å². The Labute approximate surface area is 258 Å². The number of ether oxygens (including phenoxy) is 3. The first-order chi connectivity index (χ1) is 22.0. The second kappa shape index (κ2) is 10.5. The molecule has 2 aliphatic rings. The van der Waals surface area contributed by atoms with Crippen LogP contribution in [0.5, 0.6) is 46.0 Å². The van der Waals surface area contributed by atoms with Crippen molar-refractivity contribution in [3.05, 3.63) is 76.3 Å². The van der Waals surface area contributed by atoms with Crippen LogP contribution in [-0.2, 0) is 17.6 Å². The van der Waals surface area contributed by atoms with Gasteiger partial charge in [-0.25, -0.2) is 9.21 Å². The molecule has 8 N–H and O–H groups in total. The normalized spacial score (nSPS) is 20.4. The lowest BCUT2D eigenvalue weighted by Gasteiger charge is -2.32. The molecule has 0 spiro atoms. The highest BCUT2D eigenvalue weighted by atomic mass is 16.5. The van der Waals surface area contributed by atoms with Crippen LogP contribution in [-0.4, -0.2) is 66.1 Å². The molecule has 1 aromatic heterocycles. The second-order valence-electron chi connectivity index (χ2n) is 11.2. The summed E-state index contributed by atoms with van der Waals surface area (Å²) in [4.78, 5) is 13.7. The summed E-state index contributed by atoms with van der Waals surface area (Å²) in [6, 6.07) is 10.3. The van der Waals surface area contributed by atoms with E-state index in [1.807, 2.05) is 0 Å². The van der Waals surface area contributed by atoms with Crippen molar-refractivity contribution in [1.82, 2.24) is 0 Å². The van der Waals surface area contributed by atoms with Crippen molar-refractivity contribution in [2.24, 2.45) is 0 Å². The second-order valence-corrected chi connectivity index (χ2v) is 11.2. The number of hydrogen-bond donors (Lipinski definition) is 8. The van der Waals surface area contributed by atoms with Gasteiger partial charge in [-0.15, -0.1) is 0 Å². The van der Waals surface area contributed by atoms with Gasteiger partial charge in [0.15, 0.2) is 35.2 Å². The molecule has 0 aliphatic carbocycles.